The molecule has 1 aromatic rings. The number of rotatable bonds is 2. The third-order valence-corrected chi connectivity index (χ3v) is 4.31. The first-order valence-corrected chi connectivity index (χ1v) is 7.19. The average Bonchev–Trinajstić information content (AvgIpc) is 2.47. The van der Waals surface area contributed by atoms with Gasteiger partial charge >= 0.3 is 0 Å². The van der Waals surface area contributed by atoms with Crippen LogP contribution in [0.15, 0.2) is 24.3 Å². The minimum atomic E-state index is 0.264. The van der Waals surface area contributed by atoms with Crippen LogP contribution in [0.25, 0.3) is 0 Å². The van der Waals surface area contributed by atoms with Gasteiger partial charge in [0.15, 0.2) is 0 Å². The Hall–Kier alpha value is -0.860. The van der Waals surface area contributed by atoms with Crippen LogP contribution in [-0.4, -0.2) is 36.6 Å². The minimum absolute atomic E-state index is 0.264. The van der Waals surface area contributed by atoms with Crippen LogP contribution in [0.1, 0.15) is 37.3 Å². The van der Waals surface area contributed by atoms with Crippen LogP contribution < -0.4 is 5.32 Å². The summed E-state index contributed by atoms with van der Waals surface area (Å²) >= 11 is 0. The van der Waals surface area contributed by atoms with Crippen molar-refractivity contribution in [2.24, 2.45) is 0 Å². The Balaban J connectivity index is 1.64. The first-order chi connectivity index (χ1) is 8.64. The molecule has 0 amide bonds. The van der Waals surface area contributed by atoms with Gasteiger partial charge in [-0.25, -0.2) is 0 Å². The van der Waals surface area contributed by atoms with Crippen LogP contribution in [0, 0.1) is 0 Å². The third kappa shape index (κ3) is 2.45. The summed E-state index contributed by atoms with van der Waals surface area (Å²) < 4.78 is 0. The van der Waals surface area contributed by atoms with Crippen molar-refractivity contribution in [2.45, 2.75) is 38.1 Å². The van der Waals surface area contributed by atoms with Gasteiger partial charge in [-0.05, 0) is 50.9 Å². The van der Waals surface area contributed by atoms with Crippen molar-refractivity contribution in [3.63, 3.8) is 0 Å². The molecule has 2 aliphatic rings. The Morgan fingerprint density at radius 3 is 3.00 bits per heavy atom. The van der Waals surface area contributed by atoms with E-state index in [4.69, 9.17) is 0 Å². The maximum absolute atomic E-state index is 3.64. The molecule has 1 aromatic carbocycles. The molecule has 2 nitrogen and oxygen atoms in total. The number of hydrogen-bond donors (Lipinski definition) is 1. The van der Waals surface area contributed by atoms with Crippen LogP contribution in [0.2, 0.25) is 0 Å². The molecule has 1 N–H and O–H groups in total. The highest BCUT2D eigenvalue weighted by atomic mass is 15.2. The second-order valence-electron chi connectivity index (χ2n) is 6.50. The molecule has 0 radical (unpaired) electrons. The summed E-state index contributed by atoms with van der Waals surface area (Å²) in [6.07, 6.45) is 2.55. The molecule has 1 saturated heterocycles. The number of hydrogen-bond acceptors (Lipinski definition) is 2. The van der Waals surface area contributed by atoms with Crippen molar-refractivity contribution >= 4 is 0 Å². The van der Waals surface area contributed by atoms with E-state index in [1.165, 1.54) is 32.5 Å². The van der Waals surface area contributed by atoms with E-state index in [1.807, 2.05) is 0 Å². The Kier molecular flexibility index (Phi) is 3.16. The Labute approximate surface area is 110 Å². The molecule has 0 aromatic heterocycles. The summed E-state index contributed by atoms with van der Waals surface area (Å²) in [7, 11) is 0. The monoisotopic (exact) mass is 244 g/mol. The Morgan fingerprint density at radius 1 is 1.33 bits per heavy atom. The zero-order chi connectivity index (χ0) is 12.6. The predicted molar refractivity (Wildman–Crippen MR) is 76.0 cm³/mol. The SMILES string of the molecule is CC1(C)CN(CC2Cc3ccccc32)CCCN1. The van der Waals surface area contributed by atoms with Crippen molar-refractivity contribution in [2.75, 3.05) is 26.2 Å². The smallest absolute Gasteiger partial charge is 0.0252 e. The molecule has 1 atom stereocenters. The maximum atomic E-state index is 3.64. The molecule has 3 rings (SSSR count). The highest BCUT2D eigenvalue weighted by molar-refractivity contribution is 5.40. The van der Waals surface area contributed by atoms with Gasteiger partial charge in [0.2, 0.25) is 0 Å². The highest BCUT2D eigenvalue weighted by Crippen LogP contribution is 2.35. The summed E-state index contributed by atoms with van der Waals surface area (Å²) in [5.41, 5.74) is 3.42. The first kappa shape index (κ1) is 12.2. The summed E-state index contributed by atoms with van der Waals surface area (Å²) in [6, 6.07) is 8.93. The molecule has 98 valence electrons. The zero-order valence-electron chi connectivity index (χ0n) is 11.6. The summed E-state index contributed by atoms with van der Waals surface area (Å²) in [5, 5.41) is 3.64. The van der Waals surface area contributed by atoms with Gasteiger partial charge in [-0.2, -0.15) is 0 Å². The van der Waals surface area contributed by atoms with Crippen molar-refractivity contribution in [3.05, 3.63) is 35.4 Å². The van der Waals surface area contributed by atoms with Gasteiger partial charge < -0.3 is 10.2 Å². The lowest BCUT2D eigenvalue weighted by Crippen LogP contribution is -2.47. The van der Waals surface area contributed by atoms with Gasteiger partial charge in [0.25, 0.3) is 0 Å². The lowest BCUT2D eigenvalue weighted by Gasteiger charge is -2.37. The van der Waals surface area contributed by atoms with Gasteiger partial charge in [0.05, 0.1) is 0 Å². The second-order valence-corrected chi connectivity index (χ2v) is 6.50. The molecule has 1 aliphatic carbocycles. The lowest BCUT2D eigenvalue weighted by molar-refractivity contribution is 0.213. The first-order valence-electron chi connectivity index (χ1n) is 7.19. The molecule has 18 heavy (non-hydrogen) atoms. The molecule has 1 heterocycles. The van der Waals surface area contributed by atoms with Crippen molar-refractivity contribution < 1.29 is 0 Å². The van der Waals surface area contributed by atoms with Gasteiger partial charge in [0.1, 0.15) is 0 Å². The van der Waals surface area contributed by atoms with Crippen molar-refractivity contribution in [1.29, 1.82) is 0 Å². The number of benzene rings is 1. The van der Waals surface area contributed by atoms with Crippen LogP contribution in [0.4, 0.5) is 0 Å². The fraction of sp³-hybridized carbons (Fsp3) is 0.625. The van der Waals surface area contributed by atoms with E-state index in [0.29, 0.717) is 0 Å². The van der Waals surface area contributed by atoms with E-state index in [0.717, 1.165) is 12.5 Å². The molecule has 1 unspecified atom stereocenters. The maximum Gasteiger partial charge on any atom is 0.0252 e. The van der Waals surface area contributed by atoms with E-state index in [2.05, 4.69) is 48.3 Å². The van der Waals surface area contributed by atoms with Gasteiger partial charge in [-0.3, -0.25) is 0 Å². The van der Waals surface area contributed by atoms with E-state index in [-0.39, 0.29) is 5.54 Å². The molecular formula is C16H24N2. The largest absolute Gasteiger partial charge is 0.310 e. The lowest BCUT2D eigenvalue weighted by atomic mass is 9.77. The molecule has 1 fully saturated rings. The average molecular weight is 244 g/mol. The third-order valence-electron chi connectivity index (χ3n) is 4.31. The van der Waals surface area contributed by atoms with Gasteiger partial charge in [-0.1, -0.05) is 24.3 Å². The standard InChI is InChI=1S/C16H24N2/c1-16(2)12-18(9-5-8-17-16)11-14-10-13-6-3-4-7-15(13)14/h3-4,6-7,14,17H,5,8-12H2,1-2H3. The van der Waals surface area contributed by atoms with Gasteiger partial charge in [-0.15, -0.1) is 0 Å². The molecule has 0 bridgehead atoms. The normalized spacial score (nSPS) is 27.1. The predicted octanol–water partition coefficient (Wildman–Crippen LogP) is 2.40. The topological polar surface area (TPSA) is 15.3 Å². The van der Waals surface area contributed by atoms with Crippen LogP contribution in [-0.2, 0) is 6.42 Å². The van der Waals surface area contributed by atoms with Crippen LogP contribution in [0.5, 0.6) is 0 Å². The number of nitrogens with one attached hydrogen (secondary N) is 1. The van der Waals surface area contributed by atoms with E-state index in [1.54, 1.807) is 11.1 Å². The summed E-state index contributed by atoms with van der Waals surface area (Å²) in [4.78, 5) is 2.65. The van der Waals surface area contributed by atoms with E-state index < -0.39 is 0 Å². The fourth-order valence-electron chi connectivity index (χ4n) is 3.42. The molecule has 0 saturated carbocycles. The molecule has 0 spiro atoms. The summed E-state index contributed by atoms with van der Waals surface area (Å²) in [5.74, 6) is 0.773. The fourth-order valence-corrected chi connectivity index (χ4v) is 3.42. The van der Waals surface area contributed by atoms with Crippen molar-refractivity contribution in [1.82, 2.24) is 10.2 Å². The van der Waals surface area contributed by atoms with E-state index >= 15 is 0 Å². The minimum Gasteiger partial charge on any atom is -0.310 e. The number of fused-ring (bicyclic) bond motifs is 1. The second kappa shape index (κ2) is 4.67. The summed E-state index contributed by atoms with van der Waals surface area (Å²) in [6.45, 7) is 9.45. The Morgan fingerprint density at radius 2 is 2.17 bits per heavy atom. The Bertz CT molecular complexity index is 425. The molecule has 2 heteroatoms. The van der Waals surface area contributed by atoms with Gasteiger partial charge in [0, 0.05) is 24.5 Å². The molecule has 1 aliphatic heterocycles. The molecular weight excluding hydrogens is 220 g/mol. The van der Waals surface area contributed by atoms with Crippen molar-refractivity contribution in [3.8, 4) is 0 Å². The van der Waals surface area contributed by atoms with E-state index in [9.17, 15) is 0 Å². The number of nitrogens with zero attached hydrogens (tertiary/aromatic N) is 1. The highest BCUT2D eigenvalue weighted by Gasteiger charge is 2.30. The zero-order valence-corrected chi connectivity index (χ0v) is 11.6. The quantitative estimate of drug-likeness (QED) is 0.859. The van der Waals surface area contributed by atoms with Crippen LogP contribution >= 0.6 is 0 Å². The van der Waals surface area contributed by atoms with Crippen LogP contribution in [0.3, 0.4) is 0 Å².